The van der Waals surface area contributed by atoms with E-state index < -0.39 is 11.1 Å². The van der Waals surface area contributed by atoms with Crippen LogP contribution in [0, 0.1) is 0 Å². The molecule has 3 N–H and O–H groups in total. The number of imidazole rings is 1. The van der Waals surface area contributed by atoms with Gasteiger partial charge in [-0.05, 0) is 23.8 Å². The van der Waals surface area contributed by atoms with Crippen molar-refractivity contribution in [2.24, 2.45) is 0 Å². The monoisotopic (exact) mass is 440 g/mol. The number of nitrogens with zero attached hydrogens (tertiary/aromatic N) is 1. The molecule has 7 nitrogen and oxygen atoms in total. The van der Waals surface area contributed by atoms with Gasteiger partial charge in [0.2, 0.25) is 0 Å². The number of aromatic nitrogens is 4. The number of hydrogen-bond acceptors (Lipinski definition) is 4. The van der Waals surface area contributed by atoms with Crippen LogP contribution in [0.25, 0.3) is 12.2 Å². The van der Waals surface area contributed by atoms with Crippen molar-refractivity contribution >= 4 is 17.9 Å². The van der Waals surface area contributed by atoms with Gasteiger partial charge in [0, 0.05) is 22.2 Å². The van der Waals surface area contributed by atoms with Gasteiger partial charge >= 0.3 is 0 Å². The zero-order valence-corrected chi connectivity index (χ0v) is 18.6. The predicted molar refractivity (Wildman–Crippen MR) is 128 cm³/mol. The van der Waals surface area contributed by atoms with Crippen LogP contribution >= 0.6 is 0 Å². The molecule has 2 heterocycles. The highest BCUT2D eigenvalue weighted by atomic mass is 16.1. The summed E-state index contributed by atoms with van der Waals surface area (Å²) in [6.45, 7) is 6.08. The van der Waals surface area contributed by atoms with Crippen molar-refractivity contribution in [1.29, 1.82) is 0 Å². The Labute approximate surface area is 189 Å². The number of benzene rings is 2. The Morgan fingerprint density at radius 1 is 0.848 bits per heavy atom. The van der Waals surface area contributed by atoms with Crippen LogP contribution in [0.3, 0.4) is 0 Å². The van der Waals surface area contributed by atoms with Crippen molar-refractivity contribution in [2.75, 3.05) is 0 Å². The molecule has 0 aliphatic carbocycles. The Balaban J connectivity index is 1.74. The molecule has 0 radical (unpaired) electrons. The van der Waals surface area contributed by atoms with Crippen LogP contribution in [0.15, 0.2) is 70.5 Å². The number of H-pyrrole nitrogens is 3. The van der Waals surface area contributed by atoms with E-state index in [2.05, 4.69) is 19.9 Å². The lowest BCUT2D eigenvalue weighted by Crippen LogP contribution is -2.46. The number of nitrogens with one attached hydrogen (secondary N) is 3. The summed E-state index contributed by atoms with van der Waals surface area (Å²) in [5, 5.41) is 0.210. The summed E-state index contributed by atoms with van der Waals surface area (Å²) >= 11 is 0. The summed E-state index contributed by atoms with van der Waals surface area (Å²) in [6.07, 6.45) is 4.66. The first-order chi connectivity index (χ1) is 15.7. The number of carbonyl (C=O) groups excluding carboxylic acids is 1. The maximum Gasteiger partial charge on any atom is 0.272 e. The fraction of sp³-hybridized carbons (Fsp3) is 0.154. The minimum atomic E-state index is -0.450. The van der Waals surface area contributed by atoms with Crippen LogP contribution in [0.4, 0.5) is 0 Å². The molecule has 0 saturated heterocycles. The fourth-order valence-corrected chi connectivity index (χ4v) is 3.54. The first-order valence-electron chi connectivity index (χ1n) is 10.5. The number of aromatic amines is 3. The topological polar surface area (TPSA) is 111 Å². The lowest BCUT2D eigenvalue weighted by atomic mass is 9.90. The summed E-state index contributed by atoms with van der Waals surface area (Å²) in [6, 6.07) is 15.9. The van der Waals surface area contributed by atoms with Crippen LogP contribution in [0.1, 0.15) is 53.6 Å². The molecule has 2 aromatic heterocycles. The van der Waals surface area contributed by atoms with E-state index in [1.54, 1.807) is 67.0 Å². The number of ketones is 1. The van der Waals surface area contributed by atoms with Gasteiger partial charge in [-0.15, -0.1) is 0 Å². The second-order valence-corrected chi connectivity index (χ2v) is 8.76. The van der Waals surface area contributed by atoms with E-state index in [-0.39, 0.29) is 21.9 Å². The van der Waals surface area contributed by atoms with Gasteiger partial charge < -0.3 is 15.0 Å². The van der Waals surface area contributed by atoms with Crippen molar-refractivity contribution in [3.8, 4) is 0 Å². The molecule has 4 rings (SSSR count). The Morgan fingerprint density at radius 2 is 1.48 bits per heavy atom. The maximum atomic E-state index is 12.7. The van der Waals surface area contributed by atoms with Crippen molar-refractivity contribution in [3.05, 3.63) is 120 Å². The molecule has 0 amide bonds. The quantitative estimate of drug-likeness (QED) is 0.421. The smallest absolute Gasteiger partial charge is 0.272 e. The highest BCUT2D eigenvalue weighted by Gasteiger charge is 2.19. The van der Waals surface area contributed by atoms with Crippen molar-refractivity contribution in [2.45, 2.75) is 26.2 Å². The standard InChI is InChI=1S/C26H24N4O3/c1-26(2,3)23-19(27-15-28-23)14-21-25(33)29-20(24(32)30-21)13-16-8-7-11-18(12-16)22(31)17-9-5-4-6-10-17/h4-15H,1-3H3,(H,27,28)(H,29,33)(H,30,32)/b20-13-,21-14-. The van der Waals surface area contributed by atoms with E-state index in [9.17, 15) is 14.4 Å². The fourth-order valence-electron chi connectivity index (χ4n) is 3.54. The summed E-state index contributed by atoms with van der Waals surface area (Å²) < 4.78 is 0. The minimum Gasteiger partial charge on any atom is -0.348 e. The summed E-state index contributed by atoms with van der Waals surface area (Å²) in [5.74, 6) is -0.119. The Kier molecular flexibility index (Phi) is 5.79. The van der Waals surface area contributed by atoms with Gasteiger partial charge in [-0.2, -0.15) is 0 Å². The molecule has 7 heteroatoms. The summed E-state index contributed by atoms with van der Waals surface area (Å²) in [7, 11) is 0. The maximum absolute atomic E-state index is 12.7. The van der Waals surface area contributed by atoms with Crippen molar-refractivity contribution < 1.29 is 4.79 Å². The molecule has 0 aliphatic heterocycles. The van der Waals surface area contributed by atoms with Gasteiger partial charge in [-0.1, -0.05) is 69.3 Å². The first-order valence-corrected chi connectivity index (χ1v) is 10.5. The van der Waals surface area contributed by atoms with E-state index in [1.807, 2.05) is 26.8 Å². The van der Waals surface area contributed by atoms with E-state index in [4.69, 9.17) is 0 Å². The van der Waals surface area contributed by atoms with E-state index in [0.29, 0.717) is 22.4 Å². The van der Waals surface area contributed by atoms with E-state index in [1.165, 1.54) is 0 Å². The molecule has 0 spiro atoms. The summed E-state index contributed by atoms with van der Waals surface area (Å²) in [5.41, 5.74) is 2.04. The first kappa shape index (κ1) is 22.0. The molecule has 4 aromatic rings. The lowest BCUT2D eigenvalue weighted by molar-refractivity contribution is 0.103. The number of carbonyl (C=O) groups is 1. The molecule has 0 atom stereocenters. The van der Waals surface area contributed by atoms with Crippen LogP contribution in [0.5, 0.6) is 0 Å². The molecular formula is C26H24N4O3. The number of hydrogen-bond donors (Lipinski definition) is 3. The molecule has 33 heavy (non-hydrogen) atoms. The minimum absolute atomic E-state index is 0.0968. The molecule has 2 aromatic carbocycles. The van der Waals surface area contributed by atoms with Crippen molar-refractivity contribution in [3.63, 3.8) is 0 Å². The Morgan fingerprint density at radius 3 is 2.15 bits per heavy atom. The average Bonchev–Trinajstić information content (AvgIpc) is 3.26. The Hall–Kier alpha value is -4.26. The molecule has 0 saturated carbocycles. The third-order valence-electron chi connectivity index (χ3n) is 5.18. The number of rotatable bonds is 4. The van der Waals surface area contributed by atoms with Gasteiger partial charge in [0.25, 0.3) is 11.1 Å². The zero-order chi connectivity index (χ0) is 23.6. The molecule has 0 fully saturated rings. The summed E-state index contributed by atoms with van der Waals surface area (Å²) in [4.78, 5) is 50.7. The largest absolute Gasteiger partial charge is 0.348 e. The molecule has 166 valence electrons. The van der Waals surface area contributed by atoms with Gasteiger partial charge in [0.1, 0.15) is 10.7 Å². The van der Waals surface area contributed by atoms with E-state index in [0.717, 1.165) is 5.69 Å². The predicted octanol–water partition coefficient (Wildman–Crippen LogP) is 1.97. The normalized spacial score (nSPS) is 12.8. The second kappa shape index (κ2) is 8.70. The van der Waals surface area contributed by atoms with Gasteiger partial charge in [0.15, 0.2) is 5.78 Å². The van der Waals surface area contributed by atoms with Crippen LogP contribution < -0.4 is 21.8 Å². The van der Waals surface area contributed by atoms with E-state index >= 15 is 0 Å². The average molecular weight is 441 g/mol. The lowest BCUT2D eigenvalue weighted by Gasteiger charge is -2.16. The third-order valence-corrected chi connectivity index (χ3v) is 5.18. The van der Waals surface area contributed by atoms with Gasteiger partial charge in [-0.25, -0.2) is 4.98 Å². The molecule has 0 unspecified atom stereocenters. The zero-order valence-electron chi connectivity index (χ0n) is 18.6. The highest BCUT2D eigenvalue weighted by Crippen LogP contribution is 2.22. The van der Waals surface area contributed by atoms with Crippen molar-refractivity contribution in [1.82, 2.24) is 19.9 Å². The van der Waals surface area contributed by atoms with Gasteiger partial charge in [0.05, 0.1) is 12.0 Å². The highest BCUT2D eigenvalue weighted by molar-refractivity contribution is 6.09. The Bertz CT molecular complexity index is 1550. The molecular weight excluding hydrogens is 416 g/mol. The third kappa shape index (κ3) is 4.82. The SMILES string of the molecule is CC(C)(C)c1[nH]cnc1/C=c1\[nH]c(=O)/c(=C/c2cccc(C(=O)c3ccccc3)c2)[nH]c1=O. The van der Waals surface area contributed by atoms with Crippen LogP contribution in [-0.4, -0.2) is 25.7 Å². The molecule has 0 bridgehead atoms. The second-order valence-electron chi connectivity index (χ2n) is 8.76. The molecule has 0 aliphatic rings. The van der Waals surface area contributed by atoms with Crippen LogP contribution in [-0.2, 0) is 5.41 Å². The van der Waals surface area contributed by atoms with Crippen LogP contribution in [0.2, 0.25) is 0 Å². The van der Waals surface area contributed by atoms with Gasteiger partial charge in [-0.3, -0.25) is 14.4 Å².